The molecule has 1 N–H and O–H groups in total. The summed E-state index contributed by atoms with van der Waals surface area (Å²) in [5.41, 5.74) is 0. The molecule has 2 atom stereocenters. The fourth-order valence-electron chi connectivity index (χ4n) is 3.22. The smallest absolute Gasteiger partial charge is 0.308 e. The van der Waals surface area contributed by atoms with Crippen LogP contribution in [0, 0.1) is 11.8 Å². The van der Waals surface area contributed by atoms with Gasteiger partial charge in [-0.15, -0.1) is 0 Å². The number of likely N-dealkylation sites (tertiary alicyclic amines) is 2. The van der Waals surface area contributed by atoms with E-state index in [1.807, 2.05) is 0 Å². The Balaban J connectivity index is 1.64. The Morgan fingerprint density at radius 1 is 0.900 bits per heavy atom. The van der Waals surface area contributed by atoms with Crippen molar-refractivity contribution in [1.29, 1.82) is 0 Å². The predicted molar refractivity (Wildman–Crippen MR) is 69.8 cm³/mol. The van der Waals surface area contributed by atoms with Crippen molar-refractivity contribution in [2.45, 2.75) is 38.1 Å². The highest BCUT2D eigenvalue weighted by Crippen LogP contribution is 2.34. The van der Waals surface area contributed by atoms with Crippen molar-refractivity contribution in [1.82, 2.24) is 9.80 Å². The average Bonchev–Trinajstić information content (AvgIpc) is 2.97. The molecule has 2 aliphatic heterocycles. The molecule has 20 heavy (non-hydrogen) atoms. The third kappa shape index (κ3) is 2.39. The summed E-state index contributed by atoms with van der Waals surface area (Å²) in [6.45, 7) is 1.45. The van der Waals surface area contributed by atoms with Crippen LogP contribution < -0.4 is 0 Å². The lowest BCUT2D eigenvalue weighted by Crippen LogP contribution is -2.47. The van der Waals surface area contributed by atoms with E-state index in [0.29, 0.717) is 25.9 Å². The molecule has 2 saturated heterocycles. The minimum atomic E-state index is -0.836. The van der Waals surface area contributed by atoms with E-state index in [1.165, 1.54) is 0 Å². The minimum Gasteiger partial charge on any atom is -0.481 e. The lowest BCUT2D eigenvalue weighted by Gasteiger charge is -2.28. The molecule has 0 bridgehead atoms. The monoisotopic (exact) mass is 280 g/mol. The Morgan fingerprint density at radius 3 is 2.25 bits per heavy atom. The number of hydrogen-bond acceptors (Lipinski definition) is 3. The largest absolute Gasteiger partial charge is 0.481 e. The molecule has 0 aromatic rings. The first-order valence-electron chi connectivity index (χ1n) is 7.40. The third-order valence-corrected chi connectivity index (χ3v) is 4.60. The summed E-state index contributed by atoms with van der Waals surface area (Å²) in [4.78, 5) is 39.0. The maximum absolute atomic E-state index is 12.5. The quantitative estimate of drug-likeness (QED) is 0.807. The van der Waals surface area contributed by atoms with Crippen LogP contribution in [0.1, 0.15) is 32.1 Å². The first-order valence-corrected chi connectivity index (χ1v) is 7.40. The van der Waals surface area contributed by atoms with Crippen LogP contribution in [0.5, 0.6) is 0 Å². The number of carbonyl (C=O) groups excluding carboxylic acids is 2. The summed E-state index contributed by atoms with van der Waals surface area (Å²) in [7, 11) is 0. The van der Waals surface area contributed by atoms with E-state index in [2.05, 4.69) is 0 Å². The molecule has 1 saturated carbocycles. The lowest BCUT2D eigenvalue weighted by molar-refractivity contribution is -0.145. The van der Waals surface area contributed by atoms with Gasteiger partial charge in [-0.1, -0.05) is 0 Å². The van der Waals surface area contributed by atoms with Crippen LogP contribution in [-0.2, 0) is 14.4 Å². The SMILES string of the molecule is O=C(O)C1CCN(C(=O)C2CCCN2C(=O)C2CC2)C1. The fourth-order valence-corrected chi connectivity index (χ4v) is 3.22. The molecule has 2 unspecified atom stereocenters. The van der Waals surface area contributed by atoms with Gasteiger partial charge in [0.1, 0.15) is 6.04 Å². The Bertz CT molecular complexity index is 446. The summed E-state index contributed by atoms with van der Waals surface area (Å²) < 4.78 is 0. The fraction of sp³-hybridized carbons (Fsp3) is 0.786. The number of nitrogens with zero attached hydrogens (tertiary/aromatic N) is 2. The van der Waals surface area contributed by atoms with Crippen molar-refractivity contribution in [3.63, 3.8) is 0 Å². The number of carboxylic acid groups (broad SMARTS) is 1. The minimum absolute atomic E-state index is 0.0553. The zero-order valence-corrected chi connectivity index (χ0v) is 11.5. The van der Waals surface area contributed by atoms with Crippen molar-refractivity contribution < 1.29 is 19.5 Å². The second kappa shape index (κ2) is 5.07. The highest BCUT2D eigenvalue weighted by molar-refractivity contribution is 5.90. The van der Waals surface area contributed by atoms with Crippen LogP contribution in [0.25, 0.3) is 0 Å². The van der Waals surface area contributed by atoms with Gasteiger partial charge in [-0.05, 0) is 32.1 Å². The molecule has 3 fully saturated rings. The van der Waals surface area contributed by atoms with E-state index >= 15 is 0 Å². The van der Waals surface area contributed by atoms with Crippen molar-refractivity contribution in [3.8, 4) is 0 Å². The molecule has 0 aromatic carbocycles. The summed E-state index contributed by atoms with van der Waals surface area (Å²) in [5, 5.41) is 9.00. The third-order valence-electron chi connectivity index (χ3n) is 4.60. The Kier molecular flexibility index (Phi) is 3.40. The molecule has 110 valence electrons. The molecule has 6 nitrogen and oxygen atoms in total. The summed E-state index contributed by atoms with van der Waals surface area (Å²) in [6, 6.07) is -0.351. The summed E-state index contributed by atoms with van der Waals surface area (Å²) >= 11 is 0. The first kappa shape index (κ1) is 13.4. The second-order valence-corrected chi connectivity index (χ2v) is 6.07. The van der Waals surface area contributed by atoms with Crippen molar-refractivity contribution in [2.75, 3.05) is 19.6 Å². The number of carboxylic acids is 1. The number of amides is 2. The van der Waals surface area contributed by atoms with Gasteiger partial charge in [-0.25, -0.2) is 0 Å². The van der Waals surface area contributed by atoms with Gasteiger partial charge < -0.3 is 14.9 Å². The van der Waals surface area contributed by atoms with Gasteiger partial charge in [0.15, 0.2) is 0 Å². The standard InChI is InChI=1S/C14H20N2O4/c17-12(9-3-4-9)16-6-1-2-11(16)13(18)15-7-5-10(8-15)14(19)20/h9-11H,1-8H2,(H,19,20). The van der Waals surface area contributed by atoms with Gasteiger partial charge >= 0.3 is 5.97 Å². The molecule has 6 heteroatoms. The number of hydrogen-bond donors (Lipinski definition) is 1. The van der Waals surface area contributed by atoms with Gasteiger partial charge in [0.05, 0.1) is 5.92 Å². The molecule has 3 aliphatic rings. The first-order chi connectivity index (χ1) is 9.58. The van der Waals surface area contributed by atoms with E-state index in [1.54, 1.807) is 9.80 Å². The highest BCUT2D eigenvalue weighted by atomic mass is 16.4. The Morgan fingerprint density at radius 2 is 1.65 bits per heavy atom. The molecule has 0 aromatic heterocycles. The summed E-state index contributed by atoms with van der Waals surface area (Å²) in [5.74, 6) is -1.09. The van der Waals surface area contributed by atoms with Gasteiger partial charge in [-0.3, -0.25) is 14.4 Å². The van der Waals surface area contributed by atoms with Gasteiger partial charge in [0, 0.05) is 25.6 Å². The number of aliphatic carboxylic acids is 1. The van der Waals surface area contributed by atoms with Crippen LogP contribution in [0.15, 0.2) is 0 Å². The van der Waals surface area contributed by atoms with Gasteiger partial charge in [-0.2, -0.15) is 0 Å². The van der Waals surface area contributed by atoms with Crippen LogP contribution >= 0.6 is 0 Å². The van der Waals surface area contributed by atoms with E-state index in [-0.39, 0.29) is 30.3 Å². The topological polar surface area (TPSA) is 77.9 Å². The van der Waals surface area contributed by atoms with Gasteiger partial charge in [0.25, 0.3) is 0 Å². The van der Waals surface area contributed by atoms with E-state index in [0.717, 1.165) is 19.3 Å². The molecule has 0 radical (unpaired) electrons. The van der Waals surface area contributed by atoms with Crippen LogP contribution in [0.3, 0.4) is 0 Å². The normalized spacial score (nSPS) is 29.8. The van der Waals surface area contributed by atoms with Crippen LogP contribution in [0.4, 0.5) is 0 Å². The number of carbonyl (C=O) groups is 3. The summed E-state index contributed by atoms with van der Waals surface area (Å²) in [6.07, 6.45) is 3.99. The molecule has 2 heterocycles. The molecule has 3 rings (SSSR count). The zero-order chi connectivity index (χ0) is 14.3. The lowest BCUT2D eigenvalue weighted by atomic mass is 10.1. The van der Waals surface area contributed by atoms with Crippen LogP contribution in [-0.4, -0.2) is 58.4 Å². The van der Waals surface area contributed by atoms with Crippen LogP contribution in [0.2, 0.25) is 0 Å². The zero-order valence-electron chi connectivity index (χ0n) is 11.5. The number of rotatable bonds is 3. The van der Waals surface area contributed by atoms with Crippen molar-refractivity contribution in [2.24, 2.45) is 11.8 Å². The van der Waals surface area contributed by atoms with E-state index < -0.39 is 11.9 Å². The van der Waals surface area contributed by atoms with E-state index in [9.17, 15) is 14.4 Å². The van der Waals surface area contributed by atoms with Crippen molar-refractivity contribution >= 4 is 17.8 Å². The van der Waals surface area contributed by atoms with E-state index in [4.69, 9.17) is 5.11 Å². The van der Waals surface area contributed by atoms with Crippen molar-refractivity contribution in [3.05, 3.63) is 0 Å². The molecule has 2 amide bonds. The average molecular weight is 280 g/mol. The molecule has 0 spiro atoms. The maximum atomic E-state index is 12.5. The molecular formula is C14H20N2O4. The Labute approximate surface area is 117 Å². The van der Waals surface area contributed by atoms with Gasteiger partial charge in [0.2, 0.25) is 11.8 Å². The second-order valence-electron chi connectivity index (χ2n) is 6.07. The molecule has 1 aliphatic carbocycles. The predicted octanol–water partition coefficient (Wildman–Crippen LogP) is 0.320. The Hall–Kier alpha value is -1.59. The highest BCUT2D eigenvalue weighted by Gasteiger charge is 2.43. The molecular weight excluding hydrogens is 260 g/mol. The maximum Gasteiger partial charge on any atom is 0.308 e.